The molecule has 43 heavy (non-hydrogen) atoms. The fourth-order valence-corrected chi connectivity index (χ4v) is 6.55. The summed E-state index contributed by atoms with van der Waals surface area (Å²) in [6.45, 7) is 2.75. The Hall–Kier alpha value is -3.89. The lowest BCUT2D eigenvalue weighted by molar-refractivity contribution is -0.127. The maximum atomic E-state index is 15.7. The zero-order valence-electron chi connectivity index (χ0n) is 24.6. The average Bonchev–Trinajstić information content (AvgIpc) is 3.35. The van der Waals surface area contributed by atoms with Crippen LogP contribution >= 0.6 is 11.3 Å². The maximum Gasteiger partial charge on any atom is 0.275 e. The summed E-state index contributed by atoms with van der Waals surface area (Å²) in [5, 5.41) is 4.79. The lowest BCUT2D eigenvalue weighted by atomic mass is 9.96. The van der Waals surface area contributed by atoms with Crippen LogP contribution in [0, 0.1) is 6.92 Å². The van der Waals surface area contributed by atoms with Crippen LogP contribution in [-0.4, -0.2) is 73.2 Å². The maximum absolute atomic E-state index is 15.7. The van der Waals surface area contributed by atoms with Crippen molar-refractivity contribution in [3.63, 3.8) is 0 Å². The number of hydrogen-bond acceptors (Lipinski definition) is 5. The predicted octanol–water partition coefficient (Wildman–Crippen LogP) is 5.86. The summed E-state index contributed by atoms with van der Waals surface area (Å²) in [6.07, 6.45) is 2.28. The summed E-state index contributed by atoms with van der Waals surface area (Å²) in [7, 11) is 4.00. The van der Waals surface area contributed by atoms with E-state index in [0.29, 0.717) is 36.1 Å². The van der Waals surface area contributed by atoms with Gasteiger partial charge in [-0.3, -0.25) is 14.4 Å². The van der Waals surface area contributed by atoms with E-state index < -0.39 is 24.2 Å². The number of aryl methyl sites for hydroxylation is 1. The summed E-state index contributed by atoms with van der Waals surface area (Å²) in [5.41, 5.74) is 2.05. The highest BCUT2D eigenvalue weighted by Crippen LogP contribution is 2.43. The van der Waals surface area contributed by atoms with E-state index in [1.165, 1.54) is 16.2 Å². The molecule has 7 nitrogen and oxygen atoms in total. The molecule has 0 radical (unpaired) electrons. The van der Waals surface area contributed by atoms with Gasteiger partial charge in [-0.1, -0.05) is 18.2 Å². The van der Waals surface area contributed by atoms with Crippen molar-refractivity contribution in [1.29, 1.82) is 0 Å². The number of thiophene rings is 1. The lowest BCUT2D eigenvalue weighted by Crippen LogP contribution is -2.44. The minimum atomic E-state index is -3.31. The number of para-hydroxylation sites is 1. The monoisotopic (exact) mass is 606 g/mol. The van der Waals surface area contributed by atoms with E-state index in [2.05, 4.69) is 10.2 Å². The van der Waals surface area contributed by atoms with Crippen LogP contribution in [0.25, 0.3) is 5.57 Å². The highest BCUT2D eigenvalue weighted by atomic mass is 32.1. The van der Waals surface area contributed by atoms with Gasteiger partial charge in [-0.2, -0.15) is 0 Å². The molecule has 5 rings (SSSR count). The standard InChI is InChI=1S/C33H36F2N4O3S/c1-22-14-19-43-29(22)21-30(40)36-24-10-8-23(9-11-24)32(42)39-18-15-33(34,35)27(26-6-4-5-7-28(26)39)20-31(41)38-16-12-25(13-17-38)37(2)3/h4-11,14,19-20,25H,12-13,15-18,21H2,1-3H3,(H,36,40). The van der Waals surface area contributed by atoms with Gasteiger partial charge in [-0.25, -0.2) is 8.78 Å². The molecular weight excluding hydrogens is 570 g/mol. The second-order valence-electron chi connectivity index (χ2n) is 11.3. The van der Waals surface area contributed by atoms with Crippen LogP contribution in [0.3, 0.4) is 0 Å². The highest BCUT2D eigenvalue weighted by Gasteiger charge is 2.42. The number of allylic oxidation sites excluding steroid dienone is 1. The van der Waals surface area contributed by atoms with Gasteiger partial charge in [0.2, 0.25) is 11.8 Å². The Morgan fingerprint density at radius 1 is 1.02 bits per heavy atom. The molecule has 1 N–H and O–H groups in total. The quantitative estimate of drug-likeness (QED) is 0.357. The SMILES string of the molecule is Cc1ccsc1CC(=O)Nc1ccc(C(=O)N2CCC(F)(F)C(=CC(=O)N3CCC(N(C)C)CC3)c3ccccc32)cc1. The summed E-state index contributed by atoms with van der Waals surface area (Å²) < 4.78 is 31.3. The van der Waals surface area contributed by atoms with Gasteiger partial charge in [0.25, 0.3) is 11.8 Å². The van der Waals surface area contributed by atoms with Gasteiger partial charge < -0.3 is 20.0 Å². The Morgan fingerprint density at radius 3 is 2.37 bits per heavy atom. The minimum absolute atomic E-state index is 0.163. The molecule has 1 saturated heterocycles. The molecular formula is C33H36F2N4O3S. The van der Waals surface area contributed by atoms with E-state index in [4.69, 9.17) is 0 Å². The average molecular weight is 607 g/mol. The smallest absolute Gasteiger partial charge is 0.275 e. The number of rotatable bonds is 6. The number of likely N-dealkylation sites (tertiary alicyclic amines) is 1. The molecule has 226 valence electrons. The number of anilines is 2. The number of nitrogens with one attached hydrogen (secondary N) is 1. The molecule has 0 unspecified atom stereocenters. The third-order valence-corrected chi connectivity index (χ3v) is 9.28. The first kappa shape index (κ1) is 30.6. The predicted molar refractivity (Wildman–Crippen MR) is 167 cm³/mol. The van der Waals surface area contributed by atoms with Crippen molar-refractivity contribution >= 4 is 46.0 Å². The summed E-state index contributed by atoms with van der Waals surface area (Å²) in [4.78, 5) is 45.5. The fraction of sp³-hybridized carbons (Fsp3) is 0.364. The molecule has 0 bridgehead atoms. The first-order chi connectivity index (χ1) is 20.5. The first-order valence-corrected chi connectivity index (χ1v) is 15.3. The van der Waals surface area contributed by atoms with Crippen LogP contribution in [0.5, 0.6) is 0 Å². The zero-order valence-corrected chi connectivity index (χ0v) is 25.4. The second kappa shape index (κ2) is 12.8. The molecule has 1 fully saturated rings. The number of benzene rings is 2. The van der Waals surface area contributed by atoms with E-state index in [1.807, 2.05) is 32.5 Å². The Labute approximate surface area is 254 Å². The molecule has 0 saturated carbocycles. The van der Waals surface area contributed by atoms with Crippen molar-refractivity contribution in [3.8, 4) is 0 Å². The number of fused-ring (bicyclic) bond motifs is 1. The largest absolute Gasteiger partial charge is 0.339 e. The van der Waals surface area contributed by atoms with Crippen molar-refractivity contribution in [3.05, 3.63) is 87.6 Å². The van der Waals surface area contributed by atoms with Crippen molar-refractivity contribution in [2.45, 2.75) is 44.6 Å². The van der Waals surface area contributed by atoms with Crippen molar-refractivity contribution in [2.24, 2.45) is 0 Å². The van der Waals surface area contributed by atoms with Crippen molar-refractivity contribution in [2.75, 3.05) is 43.9 Å². The van der Waals surface area contributed by atoms with Crippen molar-refractivity contribution < 1.29 is 23.2 Å². The van der Waals surface area contributed by atoms with Gasteiger partial charge >= 0.3 is 0 Å². The summed E-state index contributed by atoms with van der Waals surface area (Å²) in [5.74, 6) is -4.34. The number of alkyl halides is 2. The van der Waals surface area contributed by atoms with E-state index >= 15 is 8.78 Å². The third-order valence-electron chi connectivity index (χ3n) is 8.25. The molecule has 2 aliphatic heterocycles. The molecule has 3 amide bonds. The zero-order chi connectivity index (χ0) is 30.7. The van der Waals surface area contributed by atoms with Crippen LogP contribution in [0.2, 0.25) is 0 Å². The lowest BCUT2D eigenvalue weighted by Gasteiger charge is -2.35. The molecule has 2 aliphatic rings. The van der Waals surface area contributed by atoms with Crippen LogP contribution < -0.4 is 10.2 Å². The molecule has 0 aliphatic carbocycles. The van der Waals surface area contributed by atoms with Gasteiger partial charge in [0, 0.05) is 65.4 Å². The van der Waals surface area contributed by atoms with E-state index in [-0.39, 0.29) is 30.0 Å². The number of piperidine rings is 1. The van der Waals surface area contributed by atoms with Crippen LogP contribution in [-0.2, 0) is 16.0 Å². The molecule has 10 heteroatoms. The Kier molecular flexibility index (Phi) is 9.08. The van der Waals surface area contributed by atoms with Crippen molar-refractivity contribution in [1.82, 2.24) is 9.80 Å². The Morgan fingerprint density at radius 2 is 1.72 bits per heavy atom. The van der Waals surface area contributed by atoms with E-state index in [1.54, 1.807) is 53.4 Å². The normalized spacial score (nSPS) is 18.0. The number of amides is 3. The highest BCUT2D eigenvalue weighted by molar-refractivity contribution is 7.10. The fourth-order valence-electron chi connectivity index (χ4n) is 5.64. The van der Waals surface area contributed by atoms with Gasteiger partial charge in [0.05, 0.1) is 12.1 Å². The second-order valence-corrected chi connectivity index (χ2v) is 12.3. The van der Waals surface area contributed by atoms with Gasteiger partial charge in [-0.15, -0.1) is 11.3 Å². The van der Waals surface area contributed by atoms with Crippen LogP contribution in [0.4, 0.5) is 20.2 Å². The summed E-state index contributed by atoms with van der Waals surface area (Å²) >= 11 is 1.53. The van der Waals surface area contributed by atoms with Gasteiger partial charge in [0.15, 0.2) is 0 Å². The molecule has 2 aromatic carbocycles. The third kappa shape index (κ3) is 6.86. The number of halogens is 2. The molecule has 0 spiro atoms. The summed E-state index contributed by atoms with van der Waals surface area (Å²) in [6, 6.07) is 15.3. The Bertz CT molecular complexity index is 1520. The van der Waals surface area contributed by atoms with E-state index in [0.717, 1.165) is 29.4 Å². The van der Waals surface area contributed by atoms with Gasteiger partial charge in [0.1, 0.15) is 0 Å². The number of carbonyl (C=O) groups excluding carboxylic acids is 3. The number of nitrogens with zero attached hydrogens (tertiary/aromatic N) is 3. The molecule has 1 aromatic heterocycles. The van der Waals surface area contributed by atoms with Gasteiger partial charge in [-0.05, 0) is 81.2 Å². The number of carbonyl (C=O) groups is 3. The Balaban J connectivity index is 1.34. The minimum Gasteiger partial charge on any atom is -0.339 e. The molecule has 3 heterocycles. The topological polar surface area (TPSA) is 73.0 Å². The van der Waals surface area contributed by atoms with E-state index in [9.17, 15) is 14.4 Å². The molecule has 0 atom stereocenters. The first-order valence-electron chi connectivity index (χ1n) is 14.4. The van der Waals surface area contributed by atoms with Crippen LogP contribution in [0.1, 0.15) is 45.6 Å². The van der Waals surface area contributed by atoms with Crippen LogP contribution in [0.15, 0.2) is 66.1 Å². The number of hydrogen-bond donors (Lipinski definition) is 1. The molecule has 3 aromatic rings.